The maximum absolute atomic E-state index is 12.5. The van der Waals surface area contributed by atoms with Crippen LogP contribution in [-0.2, 0) is 17.9 Å². The van der Waals surface area contributed by atoms with Gasteiger partial charge in [-0.05, 0) is 25.0 Å². The van der Waals surface area contributed by atoms with Gasteiger partial charge in [-0.15, -0.1) is 0 Å². The van der Waals surface area contributed by atoms with Crippen LogP contribution in [0.2, 0.25) is 0 Å². The largest absolute Gasteiger partial charge is 0.349 e. The number of aromatic nitrogens is 5. The number of carbonyl (C=O) groups excluding carboxylic acids is 1. The maximum Gasteiger partial charge on any atom is 0.261 e. The molecule has 1 aliphatic heterocycles. The van der Waals surface area contributed by atoms with Crippen LogP contribution in [0, 0.1) is 0 Å². The van der Waals surface area contributed by atoms with E-state index < -0.39 is 0 Å². The molecule has 1 aromatic carbocycles. The van der Waals surface area contributed by atoms with Gasteiger partial charge in [-0.2, -0.15) is 15.0 Å². The van der Waals surface area contributed by atoms with Crippen LogP contribution in [0.15, 0.2) is 35.4 Å². The van der Waals surface area contributed by atoms with Crippen molar-refractivity contribution in [2.24, 2.45) is 0 Å². The highest BCUT2D eigenvalue weighted by molar-refractivity contribution is 5.77. The summed E-state index contributed by atoms with van der Waals surface area (Å²) in [5.74, 6) is 1.54. The minimum absolute atomic E-state index is 0.151. The summed E-state index contributed by atoms with van der Waals surface area (Å²) < 4.78 is 1.46. The van der Waals surface area contributed by atoms with Crippen LogP contribution >= 0.6 is 0 Å². The molecular weight excluding hydrogens is 396 g/mol. The van der Waals surface area contributed by atoms with Crippen LogP contribution in [0.4, 0.5) is 11.9 Å². The average Bonchev–Trinajstić information content (AvgIpc) is 3.32. The van der Waals surface area contributed by atoms with Crippen LogP contribution < -0.4 is 20.7 Å². The van der Waals surface area contributed by atoms with E-state index in [-0.39, 0.29) is 31.0 Å². The highest BCUT2D eigenvalue weighted by Gasteiger charge is 2.18. The van der Waals surface area contributed by atoms with Gasteiger partial charge >= 0.3 is 0 Å². The number of benzene rings is 1. The Bertz CT molecular complexity index is 1140. The van der Waals surface area contributed by atoms with Crippen molar-refractivity contribution >= 4 is 28.7 Å². The third kappa shape index (κ3) is 4.79. The molecular formula is C21H26N8O2. The zero-order chi connectivity index (χ0) is 21.8. The van der Waals surface area contributed by atoms with Crippen LogP contribution in [0.5, 0.6) is 0 Å². The zero-order valence-corrected chi connectivity index (χ0v) is 17.8. The molecule has 0 unspecified atom stereocenters. The Morgan fingerprint density at radius 3 is 2.68 bits per heavy atom. The highest BCUT2D eigenvalue weighted by Crippen LogP contribution is 2.18. The molecule has 10 heteroatoms. The van der Waals surface area contributed by atoms with Crippen molar-refractivity contribution in [2.45, 2.75) is 32.4 Å². The summed E-state index contributed by atoms with van der Waals surface area (Å²) in [7, 11) is 3.75. The molecule has 0 atom stereocenters. The molecule has 1 aliphatic rings. The first-order chi connectivity index (χ1) is 15.0. The van der Waals surface area contributed by atoms with E-state index in [0.29, 0.717) is 28.6 Å². The molecule has 2 aromatic heterocycles. The lowest BCUT2D eigenvalue weighted by Gasteiger charge is -2.19. The number of anilines is 2. The summed E-state index contributed by atoms with van der Waals surface area (Å²) in [5.41, 5.74) is 0.496. The Morgan fingerprint density at radius 1 is 1.13 bits per heavy atom. The fourth-order valence-corrected chi connectivity index (χ4v) is 3.49. The van der Waals surface area contributed by atoms with Crippen LogP contribution in [0.1, 0.15) is 25.1 Å². The fraction of sp³-hybridized carbons (Fsp3) is 0.429. The molecule has 0 bridgehead atoms. The Labute approximate surface area is 180 Å². The number of rotatable bonds is 7. The molecule has 1 amide bonds. The van der Waals surface area contributed by atoms with Gasteiger partial charge in [0.1, 0.15) is 0 Å². The Kier molecular flexibility index (Phi) is 6.06. The summed E-state index contributed by atoms with van der Waals surface area (Å²) >= 11 is 0. The summed E-state index contributed by atoms with van der Waals surface area (Å²) in [6.45, 7) is 2.31. The Hall–Kier alpha value is -3.56. The highest BCUT2D eigenvalue weighted by atomic mass is 16.1. The van der Waals surface area contributed by atoms with Gasteiger partial charge in [0.25, 0.3) is 5.56 Å². The summed E-state index contributed by atoms with van der Waals surface area (Å²) in [6, 6.07) is 7.17. The third-order valence-electron chi connectivity index (χ3n) is 5.20. The second-order valence-corrected chi connectivity index (χ2v) is 7.73. The van der Waals surface area contributed by atoms with E-state index in [1.165, 1.54) is 10.9 Å². The van der Waals surface area contributed by atoms with Crippen molar-refractivity contribution in [2.75, 3.05) is 37.0 Å². The van der Waals surface area contributed by atoms with Crippen molar-refractivity contribution in [3.8, 4) is 0 Å². The van der Waals surface area contributed by atoms with Gasteiger partial charge in [0.05, 0.1) is 23.8 Å². The second kappa shape index (κ2) is 9.07. The van der Waals surface area contributed by atoms with Crippen molar-refractivity contribution in [1.82, 2.24) is 29.8 Å². The van der Waals surface area contributed by atoms with Gasteiger partial charge < -0.3 is 15.1 Å². The lowest BCUT2D eigenvalue weighted by atomic mass is 10.2. The van der Waals surface area contributed by atoms with Gasteiger partial charge in [0.2, 0.25) is 17.8 Å². The number of aryl methyl sites for hydroxylation is 1. The molecule has 0 saturated carbocycles. The zero-order valence-electron chi connectivity index (χ0n) is 17.8. The number of carbonyl (C=O) groups is 1. The van der Waals surface area contributed by atoms with Crippen LogP contribution in [0.25, 0.3) is 10.9 Å². The van der Waals surface area contributed by atoms with E-state index in [2.05, 4.69) is 30.2 Å². The fourth-order valence-electron chi connectivity index (χ4n) is 3.49. The maximum atomic E-state index is 12.5. The van der Waals surface area contributed by atoms with Crippen LogP contribution in [-0.4, -0.2) is 57.6 Å². The number of hydrogen-bond donors (Lipinski definition) is 1. The van der Waals surface area contributed by atoms with E-state index >= 15 is 0 Å². The van der Waals surface area contributed by atoms with E-state index in [1.807, 2.05) is 25.1 Å². The van der Waals surface area contributed by atoms with Crippen molar-refractivity contribution in [3.05, 3.63) is 46.8 Å². The topological polar surface area (TPSA) is 109 Å². The normalized spacial score (nSPS) is 13.5. The lowest BCUT2D eigenvalue weighted by molar-refractivity contribution is -0.121. The first-order valence-electron chi connectivity index (χ1n) is 10.4. The van der Waals surface area contributed by atoms with Gasteiger partial charge in [-0.25, -0.2) is 4.98 Å². The predicted molar refractivity (Wildman–Crippen MR) is 118 cm³/mol. The minimum Gasteiger partial charge on any atom is -0.349 e. The molecule has 1 fully saturated rings. The first kappa shape index (κ1) is 20.7. The monoisotopic (exact) mass is 422 g/mol. The standard InChI is InChI=1S/C21H26N8O2/c1-27(2)20-24-17(25-21(26-20)28-10-5-6-11-28)13-22-18(30)9-12-29-14-23-16-8-4-3-7-15(16)19(29)31/h3-4,7-8,14H,5-6,9-13H2,1-2H3,(H,22,30). The molecule has 0 aliphatic carbocycles. The molecule has 1 N–H and O–H groups in total. The second-order valence-electron chi connectivity index (χ2n) is 7.73. The molecule has 0 spiro atoms. The average molecular weight is 422 g/mol. The smallest absolute Gasteiger partial charge is 0.261 e. The predicted octanol–water partition coefficient (Wildman–Crippen LogP) is 0.954. The van der Waals surface area contributed by atoms with Crippen molar-refractivity contribution in [3.63, 3.8) is 0 Å². The molecule has 3 heterocycles. The molecule has 31 heavy (non-hydrogen) atoms. The number of para-hydroxylation sites is 1. The minimum atomic E-state index is -0.186. The molecule has 3 aromatic rings. The number of amides is 1. The van der Waals surface area contributed by atoms with Gasteiger partial charge in [-0.3, -0.25) is 14.2 Å². The number of hydrogen-bond acceptors (Lipinski definition) is 8. The molecule has 1 saturated heterocycles. The molecule has 4 rings (SSSR count). The van der Waals surface area contributed by atoms with Gasteiger partial charge in [0, 0.05) is 40.2 Å². The van der Waals surface area contributed by atoms with Crippen molar-refractivity contribution < 1.29 is 4.79 Å². The molecule has 0 radical (unpaired) electrons. The van der Waals surface area contributed by atoms with E-state index in [9.17, 15) is 9.59 Å². The third-order valence-corrected chi connectivity index (χ3v) is 5.20. The quantitative estimate of drug-likeness (QED) is 0.600. The van der Waals surface area contributed by atoms with E-state index in [4.69, 9.17) is 0 Å². The molecule has 10 nitrogen and oxygen atoms in total. The SMILES string of the molecule is CN(C)c1nc(CNC(=O)CCn2cnc3ccccc3c2=O)nc(N2CCCC2)n1. The lowest BCUT2D eigenvalue weighted by Crippen LogP contribution is -2.29. The summed E-state index contributed by atoms with van der Waals surface area (Å²) in [5, 5.41) is 3.39. The van der Waals surface area contributed by atoms with Crippen LogP contribution in [0.3, 0.4) is 0 Å². The number of nitrogens with zero attached hydrogens (tertiary/aromatic N) is 7. The van der Waals surface area contributed by atoms with Gasteiger partial charge in [-0.1, -0.05) is 12.1 Å². The Balaban J connectivity index is 1.39. The van der Waals surface area contributed by atoms with Gasteiger partial charge in [0.15, 0.2) is 5.82 Å². The number of fused-ring (bicyclic) bond motifs is 1. The summed E-state index contributed by atoms with van der Waals surface area (Å²) in [6.07, 6.45) is 3.89. The molecule has 162 valence electrons. The summed E-state index contributed by atoms with van der Waals surface area (Å²) in [4.78, 5) is 46.7. The first-order valence-corrected chi connectivity index (χ1v) is 10.4. The van der Waals surface area contributed by atoms with Crippen molar-refractivity contribution in [1.29, 1.82) is 0 Å². The number of nitrogens with one attached hydrogen (secondary N) is 1. The Morgan fingerprint density at radius 2 is 1.90 bits per heavy atom. The van der Waals surface area contributed by atoms with E-state index in [0.717, 1.165) is 25.9 Å². The van der Waals surface area contributed by atoms with E-state index in [1.54, 1.807) is 18.2 Å².